The lowest BCUT2D eigenvalue weighted by Gasteiger charge is -2.23. The van der Waals surface area contributed by atoms with Crippen molar-refractivity contribution < 1.29 is 4.79 Å². The number of hydrogen-bond acceptors (Lipinski definition) is 7. The van der Waals surface area contributed by atoms with Crippen LogP contribution in [0.4, 0.5) is 5.13 Å². The van der Waals surface area contributed by atoms with E-state index in [-0.39, 0.29) is 17.9 Å². The molecule has 30 heavy (non-hydrogen) atoms. The number of anilines is 1. The van der Waals surface area contributed by atoms with Crippen molar-refractivity contribution in [3.63, 3.8) is 0 Å². The summed E-state index contributed by atoms with van der Waals surface area (Å²) < 4.78 is 1.58. The van der Waals surface area contributed by atoms with Crippen LogP contribution in [0.3, 0.4) is 0 Å². The maximum absolute atomic E-state index is 13.0. The van der Waals surface area contributed by atoms with Gasteiger partial charge in [-0.1, -0.05) is 6.92 Å². The van der Waals surface area contributed by atoms with Gasteiger partial charge in [0.15, 0.2) is 5.13 Å². The van der Waals surface area contributed by atoms with Crippen molar-refractivity contribution in [3.05, 3.63) is 37.7 Å². The predicted molar refractivity (Wildman–Crippen MR) is 121 cm³/mol. The SMILES string of the molecule is CCN1CCc2nc(NC(=O)CCn3cnc4sc5c(c4c3=O)CCCC5)sc2C1. The number of fused-ring (bicyclic) bond motifs is 4. The van der Waals surface area contributed by atoms with Crippen LogP contribution in [-0.2, 0) is 37.1 Å². The Labute approximate surface area is 182 Å². The van der Waals surface area contributed by atoms with Crippen molar-refractivity contribution >= 4 is 43.9 Å². The van der Waals surface area contributed by atoms with Gasteiger partial charge in [0.05, 0.1) is 17.4 Å². The minimum Gasteiger partial charge on any atom is -0.302 e. The average Bonchev–Trinajstić information content (AvgIpc) is 3.33. The van der Waals surface area contributed by atoms with Crippen LogP contribution >= 0.6 is 22.7 Å². The van der Waals surface area contributed by atoms with Crippen LogP contribution < -0.4 is 10.9 Å². The molecule has 2 aliphatic rings. The highest BCUT2D eigenvalue weighted by molar-refractivity contribution is 7.18. The summed E-state index contributed by atoms with van der Waals surface area (Å²) >= 11 is 3.21. The summed E-state index contributed by atoms with van der Waals surface area (Å²) in [6.07, 6.45) is 7.06. The van der Waals surface area contributed by atoms with Gasteiger partial charge in [-0.25, -0.2) is 9.97 Å². The van der Waals surface area contributed by atoms with Crippen molar-refractivity contribution in [2.45, 2.75) is 58.5 Å². The molecule has 1 aliphatic carbocycles. The third-order valence-corrected chi connectivity index (χ3v) is 8.22. The van der Waals surface area contributed by atoms with Gasteiger partial charge >= 0.3 is 0 Å². The van der Waals surface area contributed by atoms with Crippen molar-refractivity contribution in [2.24, 2.45) is 0 Å². The largest absolute Gasteiger partial charge is 0.302 e. The van der Waals surface area contributed by atoms with Gasteiger partial charge in [-0.05, 0) is 37.8 Å². The first-order chi connectivity index (χ1) is 14.6. The first kappa shape index (κ1) is 19.8. The van der Waals surface area contributed by atoms with E-state index in [1.54, 1.807) is 33.6 Å². The minimum atomic E-state index is -0.118. The number of rotatable bonds is 5. The van der Waals surface area contributed by atoms with Gasteiger partial charge in [-0.3, -0.25) is 19.1 Å². The van der Waals surface area contributed by atoms with Crippen LogP contribution in [0, 0.1) is 0 Å². The number of amides is 1. The molecule has 0 bridgehead atoms. The Hall–Kier alpha value is -2.10. The Kier molecular flexibility index (Phi) is 5.43. The van der Waals surface area contributed by atoms with Crippen LogP contribution in [-0.4, -0.2) is 38.4 Å². The summed E-state index contributed by atoms with van der Waals surface area (Å²) in [4.78, 5) is 40.4. The number of thiazole rings is 1. The molecule has 0 radical (unpaired) electrons. The van der Waals surface area contributed by atoms with E-state index in [9.17, 15) is 9.59 Å². The molecule has 158 valence electrons. The summed E-state index contributed by atoms with van der Waals surface area (Å²) in [5.41, 5.74) is 2.27. The molecule has 7 nitrogen and oxygen atoms in total. The maximum atomic E-state index is 13.0. The standard InChI is InChI=1S/C21H25N5O2S2/c1-2-25-9-7-14-16(11-25)30-21(23-14)24-17(27)8-10-26-12-22-19-18(20(26)28)13-5-3-4-6-15(13)29-19/h12H,2-11H2,1H3,(H,23,24,27). The van der Waals surface area contributed by atoms with Crippen LogP contribution in [0.25, 0.3) is 10.2 Å². The number of nitrogens with zero attached hydrogens (tertiary/aromatic N) is 4. The topological polar surface area (TPSA) is 80.1 Å². The molecule has 4 heterocycles. The zero-order valence-corrected chi connectivity index (χ0v) is 18.7. The Morgan fingerprint density at radius 1 is 1.20 bits per heavy atom. The summed E-state index contributed by atoms with van der Waals surface area (Å²) in [5.74, 6) is -0.118. The normalized spacial score (nSPS) is 16.4. The molecule has 1 aliphatic heterocycles. The van der Waals surface area contributed by atoms with E-state index in [0.717, 1.165) is 61.2 Å². The lowest BCUT2D eigenvalue weighted by Crippen LogP contribution is -2.29. The quantitative estimate of drug-likeness (QED) is 0.655. The molecule has 0 spiro atoms. The average molecular weight is 444 g/mol. The van der Waals surface area contributed by atoms with E-state index < -0.39 is 0 Å². The van der Waals surface area contributed by atoms with E-state index in [0.29, 0.717) is 11.7 Å². The van der Waals surface area contributed by atoms with Crippen LogP contribution in [0.2, 0.25) is 0 Å². The number of nitrogens with one attached hydrogen (secondary N) is 1. The first-order valence-corrected chi connectivity index (χ1v) is 12.3. The number of carbonyl (C=O) groups is 1. The molecule has 0 saturated carbocycles. The third-order valence-electron chi connectivity index (χ3n) is 6.03. The van der Waals surface area contributed by atoms with Crippen molar-refractivity contribution in [1.29, 1.82) is 0 Å². The highest BCUT2D eigenvalue weighted by atomic mass is 32.1. The first-order valence-electron chi connectivity index (χ1n) is 10.6. The summed E-state index contributed by atoms with van der Waals surface area (Å²) in [6, 6.07) is 0. The fourth-order valence-electron chi connectivity index (χ4n) is 4.32. The van der Waals surface area contributed by atoms with Crippen molar-refractivity contribution in [3.8, 4) is 0 Å². The molecule has 1 N–H and O–H groups in total. The van der Waals surface area contributed by atoms with E-state index in [1.807, 2.05) is 0 Å². The molecule has 0 aromatic carbocycles. The zero-order chi connectivity index (χ0) is 20.7. The third kappa shape index (κ3) is 3.70. The molecule has 0 fully saturated rings. The molecule has 9 heteroatoms. The number of aromatic nitrogens is 3. The van der Waals surface area contributed by atoms with Gasteiger partial charge < -0.3 is 5.32 Å². The highest BCUT2D eigenvalue weighted by Crippen LogP contribution is 2.33. The van der Waals surface area contributed by atoms with Crippen molar-refractivity contribution in [2.75, 3.05) is 18.4 Å². The Balaban J connectivity index is 1.27. The van der Waals surface area contributed by atoms with Crippen LogP contribution in [0.1, 0.15) is 47.2 Å². The molecular formula is C21H25N5O2S2. The molecule has 3 aromatic rings. The Morgan fingerprint density at radius 3 is 2.93 bits per heavy atom. The second kappa shape index (κ2) is 8.20. The molecular weight excluding hydrogens is 418 g/mol. The summed E-state index contributed by atoms with van der Waals surface area (Å²) in [7, 11) is 0. The minimum absolute atomic E-state index is 0.0171. The molecule has 0 unspecified atom stereocenters. The lowest BCUT2D eigenvalue weighted by atomic mass is 9.97. The second-order valence-corrected chi connectivity index (χ2v) is 10.1. The fraction of sp³-hybridized carbons (Fsp3) is 0.524. The predicted octanol–water partition coefficient (Wildman–Crippen LogP) is 3.20. The van der Waals surface area contributed by atoms with Crippen LogP contribution in [0.15, 0.2) is 11.1 Å². The second-order valence-electron chi connectivity index (χ2n) is 7.94. The molecule has 3 aromatic heterocycles. The Morgan fingerprint density at radius 2 is 2.07 bits per heavy atom. The summed E-state index contributed by atoms with van der Waals surface area (Å²) in [6.45, 7) is 5.44. The smallest absolute Gasteiger partial charge is 0.262 e. The van der Waals surface area contributed by atoms with Crippen LogP contribution in [0.5, 0.6) is 0 Å². The van der Waals surface area contributed by atoms with E-state index in [1.165, 1.54) is 21.7 Å². The number of likely N-dealkylation sites (N-methyl/N-ethyl adjacent to an activating group) is 1. The number of carbonyl (C=O) groups excluding carboxylic acids is 1. The number of hydrogen-bond donors (Lipinski definition) is 1. The monoisotopic (exact) mass is 443 g/mol. The van der Waals surface area contributed by atoms with Gasteiger partial charge in [0, 0.05) is 42.2 Å². The van der Waals surface area contributed by atoms with Gasteiger partial charge in [-0.2, -0.15) is 0 Å². The highest BCUT2D eigenvalue weighted by Gasteiger charge is 2.22. The van der Waals surface area contributed by atoms with E-state index in [4.69, 9.17) is 0 Å². The molecule has 0 atom stereocenters. The van der Waals surface area contributed by atoms with Crippen molar-refractivity contribution in [1.82, 2.24) is 19.4 Å². The number of thiophene rings is 1. The van der Waals surface area contributed by atoms with E-state index in [2.05, 4.69) is 27.1 Å². The summed E-state index contributed by atoms with van der Waals surface area (Å²) in [5, 5.41) is 4.35. The van der Waals surface area contributed by atoms with Gasteiger partial charge in [0.1, 0.15) is 4.83 Å². The molecule has 1 amide bonds. The molecule has 0 saturated heterocycles. The Bertz CT molecular complexity index is 1160. The van der Waals surface area contributed by atoms with Gasteiger partial charge in [-0.15, -0.1) is 22.7 Å². The lowest BCUT2D eigenvalue weighted by molar-refractivity contribution is -0.116. The molecule has 5 rings (SSSR count). The van der Waals surface area contributed by atoms with Gasteiger partial charge in [0.2, 0.25) is 5.91 Å². The number of aryl methyl sites for hydroxylation is 3. The van der Waals surface area contributed by atoms with E-state index >= 15 is 0 Å². The maximum Gasteiger partial charge on any atom is 0.262 e. The van der Waals surface area contributed by atoms with Gasteiger partial charge in [0.25, 0.3) is 5.56 Å². The fourth-order valence-corrected chi connectivity index (χ4v) is 6.60. The zero-order valence-electron chi connectivity index (χ0n) is 17.1.